The van der Waals surface area contributed by atoms with Gasteiger partial charge in [-0.05, 0) is 35.9 Å². The number of benzene rings is 2. The van der Waals surface area contributed by atoms with Gasteiger partial charge in [0.25, 0.3) is 5.91 Å². The summed E-state index contributed by atoms with van der Waals surface area (Å²) in [6, 6.07) is 12.2. The summed E-state index contributed by atoms with van der Waals surface area (Å²) in [5.74, 6) is 0.0830. The van der Waals surface area contributed by atoms with Gasteiger partial charge in [-0.25, -0.2) is 4.98 Å². The molecule has 1 saturated heterocycles. The van der Waals surface area contributed by atoms with E-state index in [1.165, 1.54) is 4.90 Å². The van der Waals surface area contributed by atoms with E-state index in [-0.39, 0.29) is 42.5 Å². The lowest BCUT2D eigenvalue weighted by Crippen LogP contribution is -2.28. The molecule has 0 unspecified atom stereocenters. The van der Waals surface area contributed by atoms with Gasteiger partial charge in [0.05, 0.1) is 6.54 Å². The Bertz CT molecular complexity index is 1120. The summed E-state index contributed by atoms with van der Waals surface area (Å²) < 4.78 is 5.78. The number of hydrogen-bond acceptors (Lipinski definition) is 5. The number of fused-ring (bicyclic) bond motifs is 1. The molecule has 0 atom stereocenters. The van der Waals surface area contributed by atoms with Crippen molar-refractivity contribution in [2.24, 2.45) is 0 Å². The third kappa shape index (κ3) is 3.96. The van der Waals surface area contributed by atoms with Gasteiger partial charge < -0.3 is 9.73 Å². The average molecular weight is 405 g/mol. The highest BCUT2D eigenvalue weighted by atomic mass is 16.3. The predicted octanol–water partition coefficient (Wildman–Crippen LogP) is 4.03. The number of carbonyl (C=O) groups is 3. The fraction of sp³-hybridized carbons (Fsp3) is 0.304. The molecule has 0 bridgehead atoms. The van der Waals surface area contributed by atoms with Crippen molar-refractivity contribution in [2.75, 3.05) is 5.32 Å². The van der Waals surface area contributed by atoms with E-state index < -0.39 is 0 Å². The fourth-order valence-electron chi connectivity index (χ4n) is 3.27. The van der Waals surface area contributed by atoms with Crippen LogP contribution >= 0.6 is 0 Å². The highest BCUT2D eigenvalue weighted by molar-refractivity contribution is 6.05. The zero-order chi connectivity index (χ0) is 21.5. The molecule has 30 heavy (non-hydrogen) atoms. The molecule has 3 amide bonds. The van der Waals surface area contributed by atoms with Gasteiger partial charge in [-0.2, -0.15) is 0 Å². The Morgan fingerprint density at radius 1 is 1.07 bits per heavy atom. The number of aromatic nitrogens is 1. The molecule has 0 radical (unpaired) electrons. The van der Waals surface area contributed by atoms with Gasteiger partial charge in [0.2, 0.25) is 17.7 Å². The number of amides is 3. The first kappa shape index (κ1) is 19.8. The van der Waals surface area contributed by atoms with Gasteiger partial charge >= 0.3 is 0 Å². The first-order valence-electron chi connectivity index (χ1n) is 9.85. The van der Waals surface area contributed by atoms with Crippen LogP contribution in [0.4, 0.5) is 5.69 Å². The average Bonchev–Trinajstić information content (AvgIpc) is 3.26. The van der Waals surface area contributed by atoms with Crippen molar-refractivity contribution < 1.29 is 18.8 Å². The van der Waals surface area contributed by atoms with Crippen LogP contribution in [-0.4, -0.2) is 27.6 Å². The number of oxazole rings is 1. The maximum atomic E-state index is 12.6. The van der Waals surface area contributed by atoms with Crippen molar-refractivity contribution in [2.45, 2.75) is 45.6 Å². The van der Waals surface area contributed by atoms with Gasteiger partial charge in [0, 0.05) is 29.5 Å². The lowest BCUT2D eigenvalue weighted by atomic mass is 9.97. The van der Waals surface area contributed by atoms with Gasteiger partial charge in [0.15, 0.2) is 5.58 Å². The number of nitrogens with zero attached hydrogens (tertiary/aromatic N) is 2. The van der Waals surface area contributed by atoms with Crippen LogP contribution in [0.15, 0.2) is 46.9 Å². The maximum absolute atomic E-state index is 12.6. The number of rotatable bonds is 4. The molecule has 7 nitrogen and oxygen atoms in total. The summed E-state index contributed by atoms with van der Waals surface area (Å²) in [4.78, 5) is 41.9. The Hall–Kier alpha value is -3.48. The maximum Gasteiger partial charge on any atom is 0.255 e. The smallest absolute Gasteiger partial charge is 0.255 e. The topological polar surface area (TPSA) is 92.5 Å². The fourth-order valence-corrected chi connectivity index (χ4v) is 3.27. The summed E-state index contributed by atoms with van der Waals surface area (Å²) in [5, 5.41) is 2.87. The third-order valence-corrected chi connectivity index (χ3v) is 5.00. The van der Waals surface area contributed by atoms with Crippen LogP contribution in [0.1, 0.15) is 55.4 Å². The van der Waals surface area contributed by atoms with Crippen molar-refractivity contribution in [1.82, 2.24) is 9.88 Å². The van der Waals surface area contributed by atoms with E-state index in [4.69, 9.17) is 4.42 Å². The van der Waals surface area contributed by atoms with Gasteiger partial charge in [-0.15, -0.1) is 0 Å². The summed E-state index contributed by atoms with van der Waals surface area (Å²) in [6.07, 6.45) is 0.541. The van der Waals surface area contributed by atoms with Crippen LogP contribution in [0.3, 0.4) is 0 Å². The van der Waals surface area contributed by atoms with E-state index in [2.05, 4.69) is 10.3 Å². The molecule has 1 N–H and O–H groups in total. The highest BCUT2D eigenvalue weighted by Crippen LogP contribution is 2.27. The zero-order valence-corrected chi connectivity index (χ0v) is 17.2. The van der Waals surface area contributed by atoms with E-state index >= 15 is 0 Å². The molecule has 0 aliphatic carbocycles. The second-order valence-electron chi connectivity index (χ2n) is 8.48. The van der Waals surface area contributed by atoms with Gasteiger partial charge in [-0.1, -0.05) is 32.9 Å². The lowest BCUT2D eigenvalue weighted by molar-refractivity contribution is -0.139. The number of nitrogens with one attached hydrogen (secondary N) is 1. The normalized spacial score (nSPS) is 14.6. The molecule has 1 fully saturated rings. The Kier molecular flexibility index (Phi) is 4.89. The summed E-state index contributed by atoms with van der Waals surface area (Å²) in [6.45, 7) is 6.32. The number of carbonyl (C=O) groups excluding carboxylic acids is 3. The Morgan fingerprint density at radius 3 is 2.37 bits per heavy atom. The summed E-state index contributed by atoms with van der Waals surface area (Å²) >= 11 is 0. The van der Waals surface area contributed by atoms with Crippen LogP contribution in [0.25, 0.3) is 11.1 Å². The summed E-state index contributed by atoms with van der Waals surface area (Å²) in [5.41, 5.74) is 3.07. The SMILES string of the molecule is CC(C)(C)c1nc2cc(NC(=O)c3ccc(CN4C(=O)CCC4=O)cc3)ccc2o1. The molecule has 1 aliphatic heterocycles. The van der Waals surface area contributed by atoms with Crippen LogP contribution < -0.4 is 5.32 Å². The number of hydrogen-bond donors (Lipinski definition) is 1. The first-order chi connectivity index (χ1) is 14.2. The number of anilines is 1. The molecule has 3 aromatic rings. The molecular weight excluding hydrogens is 382 g/mol. The minimum absolute atomic E-state index is 0.153. The molecule has 1 aromatic heterocycles. The quantitative estimate of drug-likeness (QED) is 0.662. The molecule has 0 spiro atoms. The second kappa shape index (κ2) is 7.40. The van der Waals surface area contributed by atoms with Crippen LogP contribution in [0, 0.1) is 0 Å². The Balaban J connectivity index is 1.46. The molecule has 1 aliphatic rings. The molecule has 4 rings (SSSR count). The molecule has 0 saturated carbocycles. The van der Waals surface area contributed by atoms with Gasteiger partial charge in [-0.3, -0.25) is 19.3 Å². The molecule has 7 heteroatoms. The van der Waals surface area contributed by atoms with Crippen molar-refractivity contribution in [3.05, 3.63) is 59.5 Å². The largest absolute Gasteiger partial charge is 0.440 e. The van der Waals surface area contributed by atoms with Crippen molar-refractivity contribution in [3.8, 4) is 0 Å². The van der Waals surface area contributed by atoms with Crippen molar-refractivity contribution in [3.63, 3.8) is 0 Å². The third-order valence-electron chi connectivity index (χ3n) is 5.00. The van der Waals surface area contributed by atoms with Crippen molar-refractivity contribution >= 4 is 34.5 Å². The van der Waals surface area contributed by atoms with E-state index in [1.54, 1.807) is 42.5 Å². The standard InChI is InChI=1S/C23H23N3O4/c1-23(2,3)22-25-17-12-16(8-9-18(17)30-22)24-21(29)15-6-4-14(5-7-15)13-26-19(27)10-11-20(26)28/h4-9,12H,10-11,13H2,1-3H3,(H,24,29). The molecular formula is C23H23N3O4. The first-order valence-corrected chi connectivity index (χ1v) is 9.85. The highest BCUT2D eigenvalue weighted by Gasteiger charge is 2.28. The van der Waals surface area contributed by atoms with Gasteiger partial charge in [0.1, 0.15) is 5.52 Å². The number of likely N-dealkylation sites (tertiary alicyclic amines) is 1. The molecule has 154 valence electrons. The van der Waals surface area contributed by atoms with Crippen molar-refractivity contribution in [1.29, 1.82) is 0 Å². The monoisotopic (exact) mass is 405 g/mol. The zero-order valence-electron chi connectivity index (χ0n) is 17.2. The Labute approximate surface area is 174 Å². The van der Waals surface area contributed by atoms with Crippen LogP contribution in [-0.2, 0) is 21.5 Å². The van der Waals surface area contributed by atoms with Crippen LogP contribution in [0.5, 0.6) is 0 Å². The van der Waals surface area contributed by atoms with E-state index in [0.29, 0.717) is 28.2 Å². The van der Waals surface area contributed by atoms with Crippen LogP contribution in [0.2, 0.25) is 0 Å². The molecule has 2 aromatic carbocycles. The van der Waals surface area contributed by atoms with E-state index in [9.17, 15) is 14.4 Å². The minimum atomic E-state index is -0.256. The van der Waals surface area contributed by atoms with E-state index in [1.807, 2.05) is 20.8 Å². The lowest BCUT2D eigenvalue weighted by Gasteiger charge is -2.14. The number of imide groups is 1. The molecule has 2 heterocycles. The predicted molar refractivity (Wildman–Crippen MR) is 112 cm³/mol. The second-order valence-corrected chi connectivity index (χ2v) is 8.48. The van der Waals surface area contributed by atoms with E-state index in [0.717, 1.165) is 5.56 Å². The minimum Gasteiger partial charge on any atom is -0.440 e. The summed E-state index contributed by atoms with van der Waals surface area (Å²) in [7, 11) is 0. The Morgan fingerprint density at radius 2 is 1.73 bits per heavy atom.